The maximum absolute atomic E-state index is 12.3. The van der Waals surface area contributed by atoms with Crippen LogP contribution in [0.3, 0.4) is 0 Å². The van der Waals surface area contributed by atoms with Crippen LogP contribution in [0.1, 0.15) is 0 Å². The largest absolute Gasteiger partial charge is 0.363 e. The molecule has 7 nitrogen and oxygen atoms in total. The van der Waals surface area contributed by atoms with Crippen LogP contribution in [0.15, 0.2) is 34.7 Å². The fraction of sp³-hybridized carbons (Fsp3) is 0.286. The SMILES string of the molecule is CN(C)c1ccc(NC(=O)CN(C)S(=O)(=O)c2ccc(Cl)s2)cn1. The fourth-order valence-corrected chi connectivity index (χ4v) is 4.62. The monoisotopic (exact) mass is 388 g/mol. The Balaban J connectivity index is 2.01. The van der Waals surface area contributed by atoms with Crippen molar-refractivity contribution in [3.63, 3.8) is 0 Å². The zero-order chi connectivity index (χ0) is 17.9. The Labute approximate surface area is 149 Å². The van der Waals surface area contributed by atoms with Crippen LogP contribution in [0.4, 0.5) is 11.5 Å². The molecule has 0 aliphatic carbocycles. The van der Waals surface area contributed by atoms with E-state index >= 15 is 0 Å². The molecule has 0 saturated heterocycles. The lowest BCUT2D eigenvalue weighted by atomic mass is 10.4. The highest BCUT2D eigenvalue weighted by molar-refractivity contribution is 7.91. The lowest BCUT2D eigenvalue weighted by Gasteiger charge is -2.16. The molecule has 0 fully saturated rings. The standard InChI is InChI=1S/C14H17ClN4O3S2/c1-18(2)12-6-4-10(8-16-12)17-13(20)9-19(3)24(21,22)14-7-5-11(15)23-14/h4-8H,9H2,1-3H3,(H,17,20). The Hall–Kier alpha value is -1.68. The molecule has 2 rings (SSSR count). The van der Waals surface area contributed by atoms with Crippen molar-refractivity contribution in [2.45, 2.75) is 4.21 Å². The van der Waals surface area contributed by atoms with Crippen LogP contribution in [0.2, 0.25) is 4.34 Å². The van der Waals surface area contributed by atoms with E-state index in [1.165, 1.54) is 25.4 Å². The highest BCUT2D eigenvalue weighted by Crippen LogP contribution is 2.27. The van der Waals surface area contributed by atoms with Crippen LogP contribution in [-0.4, -0.2) is 51.3 Å². The van der Waals surface area contributed by atoms with E-state index in [0.717, 1.165) is 21.5 Å². The summed E-state index contributed by atoms with van der Waals surface area (Å²) < 4.78 is 26.1. The van der Waals surface area contributed by atoms with Gasteiger partial charge in [0.1, 0.15) is 10.0 Å². The Morgan fingerprint density at radius 1 is 1.25 bits per heavy atom. The first-order chi connectivity index (χ1) is 11.2. The third-order valence-corrected chi connectivity index (χ3v) is 6.57. The number of hydrogen-bond donors (Lipinski definition) is 1. The van der Waals surface area contributed by atoms with Crippen LogP contribution in [0, 0.1) is 0 Å². The maximum atomic E-state index is 12.3. The summed E-state index contributed by atoms with van der Waals surface area (Å²) in [5, 5.41) is 2.62. The van der Waals surface area contributed by atoms with E-state index in [9.17, 15) is 13.2 Å². The van der Waals surface area contributed by atoms with E-state index in [1.54, 1.807) is 12.1 Å². The third kappa shape index (κ3) is 4.44. The molecule has 130 valence electrons. The van der Waals surface area contributed by atoms with Gasteiger partial charge >= 0.3 is 0 Å². The van der Waals surface area contributed by atoms with Crippen LogP contribution in [-0.2, 0) is 14.8 Å². The molecule has 0 aliphatic rings. The summed E-state index contributed by atoms with van der Waals surface area (Å²) in [6.07, 6.45) is 1.51. The van der Waals surface area contributed by atoms with Crippen LogP contribution in [0.5, 0.6) is 0 Å². The van der Waals surface area contributed by atoms with Crippen molar-refractivity contribution in [1.29, 1.82) is 0 Å². The second-order valence-corrected chi connectivity index (χ2v) is 9.15. The molecule has 0 saturated carbocycles. The number of nitrogens with zero attached hydrogens (tertiary/aromatic N) is 3. The number of rotatable bonds is 6. The van der Waals surface area contributed by atoms with Gasteiger partial charge in [0, 0.05) is 21.1 Å². The molecule has 0 bridgehead atoms. The average molecular weight is 389 g/mol. The van der Waals surface area contributed by atoms with Gasteiger partial charge in [0.25, 0.3) is 10.0 Å². The Kier molecular flexibility index (Phi) is 5.81. The molecule has 0 spiro atoms. The van der Waals surface area contributed by atoms with Gasteiger partial charge in [-0.2, -0.15) is 4.31 Å². The summed E-state index contributed by atoms with van der Waals surface area (Å²) in [5.74, 6) is 0.297. The van der Waals surface area contributed by atoms with Crippen molar-refractivity contribution in [2.75, 3.05) is 37.9 Å². The minimum atomic E-state index is -3.74. The number of pyridine rings is 1. The third-order valence-electron chi connectivity index (χ3n) is 3.07. The van der Waals surface area contributed by atoms with E-state index in [-0.39, 0.29) is 10.8 Å². The Bertz CT molecular complexity index is 819. The van der Waals surface area contributed by atoms with Crippen molar-refractivity contribution >= 4 is 50.4 Å². The molecule has 1 amide bonds. The lowest BCUT2D eigenvalue weighted by molar-refractivity contribution is -0.116. The number of hydrogen-bond acceptors (Lipinski definition) is 6. The summed E-state index contributed by atoms with van der Waals surface area (Å²) >= 11 is 6.71. The van der Waals surface area contributed by atoms with Gasteiger partial charge < -0.3 is 10.2 Å². The second kappa shape index (κ2) is 7.47. The summed E-state index contributed by atoms with van der Waals surface area (Å²) in [6, 6.07) is 6.38. The number of halogens is 1. The normalized spacial score (nSPS) is 11.5. The van der Waals surface area contributed by atoms with Crippen LogP contribution < -0.4 is 10.2 Å². The summed E-state index contributed by atoms with van der Waals surface area (Å²) in [6.45, 7) is -0.312. The van der Waals surface area contributed by atoms with Crippen molar-refractivity contribution in [2.24, 2.45) is 0 Å². The number of anilines is 2. The Morgan fingerprint density at radius 2 is 1.96 bits per heavy atom. The van der Waals surface area contributed by atoms with Gasteiger partial charge in [0.05, 0.1) is 22.8 Å². The number of sulfonamides is 1. The van der Waals surface area contributed by atoms with Gasteiger partial charge in [-0.05, 0) is 24.3 Å². The molecular formula is C14H17ClN4O3S2. The number of carbonyl (C=O) groups is 1. The van der Waals surface area contributed by atoms with Gasteiger partial charge in [-0.25, -0.2) is 13.4 Å². The van der Waals surface area contributed by atoms with Crippen LogP contribution >= 0.6 is 22.9 Å². The second-order valence-electron chi connectivity index (χ2n) is 5.17. The molecule has 2 heterocycles. The zero-order valence-electron chi connectivity index (χ0n) is 13.4. The smallest absolute Gasteiger partial charge is 0.252 e. The number of thiophene rings is 1. The highest BCUT2D eigenvalue weighted by Gasteiger charge is 2.24. The number of nitrogens with one attached hydrogen (secondary N) is 1. The summed E-state index contributed by atoms with van der Waals surface area (Å²) in [7, 11) is 1.32. The minimum Gasteiger partial charge on any atom is -0.363 e. The first-order valence-corrected chi connectivity index (χ1v) is 9.48. The molecule has 24 heavy (non-hydrogen) atoms. The molecular weight excluding hydrogens is 372 g/mol. The van der Waals surface area contributed by atoms with E-state index in [1.807, 2.05) is 19.0 Å². The van der Waals surface area contributed by atoms with Crippen molar-refractivity contribution in [3.05, 3.63) is 34.8 Å². The van der Waals surface area contributed by atoms with Gasteiger partial charge in [0.15, 0.2) is 0 Å². The molecule has 0 aliphatic heterocycles. The quantitative estimate of drug-likeness (QED) is 0.819. The van der Waals surface area contributed by atoms with Gasteiger partial charge in [0.2, 0.25) is 5.91 Å². The van der Waals surface area contributed by atoms with E-state index in [0.29, 0.717) is 10.0 Å². The summed E-state index contributed by atoms with van der Waals surface area (Å²) in [5.41, 5.74) is 0.496. The summed E-state index contributed by atoms with van der Waals surface area (Å²) in [4.78, 5) is 18.1. The van der Waals surface area contributed by atoms with E-state index in [2.05, 4.69) is 10.3 Å². The predicted molar refractivity (Wildman–Crippen MR) is 96.3 cm³/mol. The number of likely N-dealkylation sites (N-methyl/N-ethyl adjacent to an activating group) is 1. The van der Waals surface area contributed by atoms with Gasteiger partial charge in [-0.3, -0.25) is 4.79 Å². The highest BCUT2D eigenvalue weighted by atomic mass is 35.5. The van der Waals surface area contributed by atoms with E-state index in [4.69, 9.17) is 11.6 Å². The molecule has 0 unspecified atom stereocenters. The Morgan fingerprint density at radius 3 is 2.46 bits per heavy atom. The predicted octanol–water partition coefficient (Wildman–Crippen LogP) is 2.12. The zero-order valence-corrected chi connectivity index (χ0v) is 15.7. The van der Waals surface area contributed by atoms with Crippen molar-refractivity contribution in [3.8, 4) is 0 Å². The average Bonchev–Trinajstić information content (AvgIpc) is 2.95. The molecule has 0 aromatic carbocycles. The lowest BCUT2D eigenvalue weighted by Crippen LogP contribution is -2.34. The van der Waals surface area contributed by atoms with Crippen molar-refractivity contribution < 1.29 is 13.2 Å². The molecule has 1 N–H and O–H groups in total. The fourth-order valence-electron chi connectivity index (χ4n) is 1.80. The number of carbonyl (C=O) groups excluding carboxylic acids is 1. The number of amides is 1. The first kappa shape index (κ1) is 18.7. The van der Waals surface area contributed by atoms with Gasteiger partial charge in [-0.15, -0.1) is 11.3 Å². The van der Waals surface area contributed by atoms with Crippen molar-refractivity contribution in [1.82, 2.24) is 9.29 Å². The molecule has 0 radical (unpaired) electrons. The maximum Gasteiger partial charge on any atom is 0.252 e. The molecule has 10 heteroatoms. The molecule has 2 aromatic rings. The van der Waals surface area contributed by atoms with E-state index < -0.39 is 15.9 Å². The number of aromatic nitrogens is 1. The first-order valence-electron chi connectivity index (χ1n) is 6.85. The van der Waals surface area contributed by atoms with Gasteiger partial charge in [-0.1, -0.05) is 11.6 Å². The molecule has 0 atom stereocenters. The molecule has 2 aromatic heterocycles. The minimum absolute atomic E-state index is 0.0970. The van der Waals surface area contributed by atoms with Crippen LogP contribution in [0.25, 0.3) is 0 Å². The topological polar surface area (TPSA) is 82.6 Å².